The zero-order valence-corrected chi connectivity index (χ0v) is 18.8. The molecule has 0 heterocycles. The van der Waals surface area contributed by atoms with Crippen molar-refractivity contribution >= 4 is 33.0 Å². The number of aliphatic hydroxyl groups excluding tert-OH is 2. The van der Waals surface area contributed by atoms with Gasteiger partial charge in [-0.15, -0.1) is 0 Å². The Morgan fingerprint density at radius 3 is 2.39 bits per heavy atom. The fourth-order valence-corrected chi connectivity index (χ4v) is 7.36. The number of amides is 1. The Morgan fingerprint density at radius 2 is 1.79 bits per heavy atom. The Labute approximate surface area is 193 Å². The van der Waals surface area contributed by atoms with Crippen LogP contribution in [0, 0.1) is 23.5 Å². The summed E-state index contributed by atoms with van der Waals surface area (Å²) in [5.41, 5.74) is -1.57. The summed E-state index contributed by atoms with van der Waals surface area (Å²) in [6, 6.07) is 6.53. The molecule has 3 aliphatic rings. The smallest absolute Gasteiger partial charge is 0.255 e. The van der Waals surface area contributed by atoms with Crippen LogP contribution in [0.3, 0.4) is 0 Å². The first kappa shape index (κ1) is 24.0. The predicted molar refractivity (Wildman–Crippen MR) is 116 cm³/mol. The molecule has 5 rings (SSSR count). The molecule has 0 aromatic heterocycles. The van der Waals surface area contributed by atoms with E-state index in [4.69, 9.17) is 11.6 Å². The summed E-state index contributed by atoms with van der Waals surface area (Å²) in [5, 5.41) is 31.4. The number of anilines is 1. The van der Waals surface area contributed by atoms with Crippen molar-refractivity contribution in [3.8, 4) is 0 Å². The van der Waals surface area contributed by atoms with Gasteiger partial charge in [-0.3, -0.25) is 4.79 Å². The van der Waals surface area contributed by atoms with Gasteiger partial charge in [-0.25, -0.2) is 17.2 Å². The van der Waals surface area contributed by atoms with Crippen LogP contribution < -0.4 is 5.32 Å². The summed E-state index contributed by atoms with van der Waals surface area (Å²) in [5.74, 6) is -3.93. The summed E-state index contributed by atoms with van der Waals surface area (Å²) < 4.78 is 53.2. The van der Waals surface area contributed by atoms with Gasteiger partial charge in [0, 0.05) is 17.3 Å². The molecule has 0 aliphatic heterocycles. The molecule has 2 unspecified atom stereocenters. The lowest BCUT2D eigenvalue weighted by atomic mass is 9.52. The summed E-state index contributed by atoms with van der Waals surface area (Å²) in [6.45, 7) is -0.623. The van der Waals surface area contributed by atoms with Gasteiger partial charge in [-0.2, -0.15) is 0 Å². The molecule has 2 bridgehead atoms. The maximum atomic E-state index is 13.4. The Morgan fingerprint density at radius 1 is 1.12 bits per heavy atom. The van der Waals surface area contributed by atoms with E-state index in [0.717, 1.165) is 18.2 Å². The van der Waals surface area contributed by atoms with Crippen LogP contribution in [0.15, 0.2) is 41.3 Å². The van der Waals surface area contributed by atoms with E-state index in [2.05, 4.69) is 5.32 Å². The number of aliphatic hydroxyl groups is 3. The lowest BCUT2D eigenvalue weighted by Crippen LogP contribution is -2.68. The van der Waals surface area contributed by atoms with E-state index in [9.17, 15) is 37.3 Å². The van der Waals surface area contributed by atoms with Crippen LogP contribution in [0.4, 0.5) is 14.5 Å². The van der Waals surface area contributed by atoms with Gasteiger partial charge in [0.25, 0.3) is 5.91 Å². The first-order valence-corrected chi connectivity index (χ1v) is 12.2. The maximum absolute atomic E-state index is 13.4. The number of benzene rings is 2. The van der Waals surface area contributed by atoms with Crippen LogP contribution in [0.2, 0.25) is 5.02 Å². The molecule has 4 N–H and O–H groups in total. The summed E-state index contributed by atoms with van der Waals surface area (Å²) >= 11 is 6.16. The van der Waals surface area contributed by atoms with E-state index in [-0.39, 0.29) is 34.0 Å². The van der Waals surface area contributed by atoms with Crippen molar-refractivity contribution in [2.75, 3.05) is 11.9 Å². The lowest BCUT2D eigenvalue weighted by molar-refractivity contribution is -0.237. The number of carbonyl (C=O) groups is 1. The molecule has 3 atom stereocenters. The highest BCUT2D eigenvalue weighted by molar-refractivity contribution is 7.92. The van der Waals surface area contributed by atoms with Gasteiger partial charge in [0.05, 0.1) is 27.4 Å². The summed E-state index contributed by atoms with van der Waals surface area (Å²) in [6.07, 6.45) is -0.650. The minimum absolute atomic E-state index is 0.00708. The third kappa shape index (κ3) is 4.04. The van der Waals surface area contributed by atoms with Crippen LogP contribution in [0.1, 0.15) is 29.6 Å². The topological polar surface area (TPSA) is 124 Å². The van der Waals surface area contributed by atoms with E-state index < -0.39 is 62.8 Å². The predicted octanol–water partition coefficient (Wildman–Crippen LogP) is 2.53. The van der Waals surface area contributed by atoms with Gasteiger partial charge in [-0.1, -0.05) is 11.6 Å². The molecule has 3 saturated carbocycles. The van der Waals surface area contributed by atoms with Crippen molar-refractivity contribution in [2.45, 2.75) is 41.1 Å². The standard InChI is InChI=1S/C22H22ClF2NO6S/c23-16-3-1-11(21(29)26-14-2-4-17(24)18(25)9-14)5-19(16)33(31,32)15-7-12-6-13(8-15)22(12,30)20(28)10-27/h1-5,9,12-13,15,20,27-28,30H,6-8,10H2,(H,26,29)/t12?,13?,15-,20-,22-/m0/s1. The third-order valence-electron chi connectivity index (χ3n) is 6.79. The quantitative estimate of drug-likeness (QED) is 0.482. The number of halogens is 3. The normalized spacial score (nSPS) is 27.5. The lowest BCUT2D eigenvalue weighted by Gasteiger charge is -2.59. The molecule has 2 aromatic carbocycles. The van der Waals surface area contributed by atoms with Gasteiger partial charge in [-0.05, 0) is 61.4 Å². The number of rotatable bonds is 6. The molecule has 3 aliphatic carbocycles. The van der Waals surface area contributed by atoms with Crippen LogP contribution in [0.25, 0.3) is 0 Å². The van der Waals surface area contributed by atoms with Crippen molar-refractivity contribution in [3.05, 3.63) is 58.6 Å². The molecule has 2 aromatic rings. The van der Waals surface area contributed by atoms with E-state index in [1.165, 1.54) is 18.2 Å². The largest absolute Gasteiger partial charge is 0.394 e. The van der Waals surface area contributed by atoms with Crippen LogP contribution in [0.5, 0.6) is 0 Å². The summed E-state index contributed by atoms with van der Waals surface area (Å²) in [7, 11) is -4.00. The van der Waals surface area contributed by atoms with Crippen LogP contribution in [-0.4, -0.2) is 53.2 Å². The van der Waals surface area contributed by atoms with Crippen LogP contribution >= 0.6 is 11.6 Å². The van der Waals surface area contributed by atoms with Crippen molar-refractivity contribution in [2.24, 2.45) is 11.8 Å². The van der Waals surface area contributed by atoms with Gasteiger partial charge < -0.3 is 20.6 Å². The van der Waals surface area contributed by atoms with E-state index >= 15 is 0 Å². The molecule has 0 spiro atoms. The highest BCUT2D eigenvalue weighted by Gasteiger charge is 2.63. The number of hydrogen-bond acceptors (Lipinski definition) is 6. The molecule has 178 valence electrons. The summed E-state index contributed by atoms with van der Waals surface area (Å²) in [4.78, 5) is 12.3. The average molecular weight is 502 g/mol. The van der Waals surface area contributed by atoms with Gasteiger partial charge in [0.2, 0.25) is 0 Å². The molecule has 0 radical (unpaired) electrons. The second-order valence-electron chi connectivity index (χ2n) is 8.58. The minimum atomic E-state index is -4.00. The Bertz CT molecular complexity index is 1200. The van der Waals surface area contributed by atoms with Gasteiger partial charge >= 0.3 is 0 Å². The number of sulfone groups is 1. The first-order valence-electron chi connectivity index (χ1n) is 10.3. The third-order valence-corrected chi connectivity index (χ3v) is 9.45. The number of nitrogens with one attached hydrogen (secondary N) is 1. The number of fused-ring (bicyclic) bond motifs is 2. The number of hydrogen-bond donors (Lipinski definition) is 4. The molecule has 7 nitrogen and oxygen atoms in total. The Hall–Kier alpha value is -2.11. The first-order chi connectivity index (χ1) is 15.5. The molecule has 3 fully saturated rings. The molecule has 33 heavy (non-hydrogen) atoms. The van der Waals surface area contributed by atoms with Gasteiger partial charge in [0.1, 0.15) is 6.10 Å². The van der Waals surface area contributed by atoms with Crippen molar-refractivity contribution in [1.82, 2.24) is 0 Å². The zero-order chi connectivity index (χ0) is 24.1. The average Bonchev–Trinajstić information content (AvgIpc) is 2.80. The molecule has 11 heteroatoms. The number of carbonyl (C=O) groups excluding carboxylic acids is 1. The molecular formula is C22H22ClF2NO6S. The van der Waals surface area contributed by atoms with Crippen LogP contribution in [-0.2, 0) is 9.84 Å². The minimum Gasteiger partial charge on any atom is -0.394 e. The Kier molecular flexibility index (Phi) is 6.25. The molecule has 0 saturated heterocycles. The molecule has 1 amide bonds. The highest BCUT2D eigenvalue weighted by Crippen LogP contribution is 2.57. The fourth-order valence-electron chi connectivity index (χ4n) is 4.96. The SMILES string of the molecule is O=C(Nc1ccc(F)c(F)c1)c1ccc(Cl)c(S(=O)(=O)[C@H]2CC3CC(C2)[C@]3(O)[C@@H](O)CO)c1. The second kappa shape index (κ2) is 8.59. The molecular weight excluding hydrogens is 480 g/mol. The van der Waals surface area contributed by atoms with Crippen molar-refractivity contribution < 1.29 is 37.3 Å². The van der Waals surface area contributed by atoms with E-state index in [0.29, 0.717) is 6.42 Å². The second-order valence-corrected chi connectivity index (χ2v) is 11.2. The highest BCUT2D eigenvalue weighted by atomic mass is 35.5. The van der Waals surface area contributed by atoms with Gasteiger partial charge in [0.15, 0.2) is 21.5 Å². The van der Waals surface area contributed by atoms with Crippen molar-refractivity contribution in [3.63, 3.8) is 0 Å². The monoisotopic (exact) mass is 501 g/mol. The Balaban J connectivity index is 1.56. The van der Waals surface area contributed by atoms with E-state index in [1.807, 2.05) is 0 Å². The van der Waals surface area contributed by atoms with E-state index in [1.54, 1.807) is 0 Å². The van der Waals surface area contributed by atoms with Crippen molar-refractivity contribution in [1.29, 1.82) is 0 Å². The zero-order valence-electron chi connectivity index (χ0n) is 17.2. The maximum Gasteiger partial charge on any atom is 0.255 e. The fraction of sp³-hybridized carbons (Fsp3) is 0.409.